The van der Waals surface area contributed by atoms with E-state index in [0.717, 1.165) is 33.8 Å². The number of hydrogen-bond acceptors (Lipinski definition) is 5. The molecular formula is C21H18N2O4S. The summed E-state index contributed by atoms with van der Waals surface area (Å²) in [6.45, 7) is 1.78. The highest BCUT2D eigenvalue weighted by atomic mass is 32.1. The fourth-order valence-corrected chi connectivity index (χ4v) is 4.44. The van der Waals surface area contributed by atoms with Gasteiger partial charge in [0.15, 0.2) is 0 Å². The quantitative estimate of drug-likeness (QED) is 0.703. The van der Waals surface area contributed by atoms with Crippen LogP contribution in [0.15, 0.2) is 48.5 Å². The third-order valence-electron chi connectivity index (χ3n) is 4.97. The molecule has 1 aliphatic carbocycles. The summed E-state index contributed by atoms with van der Waals surface area (Å²) in [7, 11) is 1.50. The molecule has 142 valence electrons. The van der Waals surface area contributed by atoms with Gasteiger partial charge in [0.2, 0.25) is 0 Å². The summed E-state index contributed by atoms with van der Waals surface area (Å²) in [4.78, 5) is 25.3. The average molecular weight is 394 g/mol. The molecule has 1 aromatic heterocycles. The van der Waals surface area contributed by atoms with Crippen molar-refractivity contribution in [1.29, 1.82) is 0 Å². The maximum Gasteiger partial charge on any atom is 0.414 e. The molecule has 0 aliphatic heterocycles. The van der Waals surface area contributed by atoms with Crippen LogP contribution in [-0.2, 0) is 4.74 Å². The topological polar surface area (TPSA) is 79.7 Å². The molecule has 0 saturated heterocycles. The number of carboxylic acids is 1. The van der Waals surface area contributed by atoms with Gasteiger partial charge in [-0.15, -0.1) is 0 Å². The van der Waals surface area contributed by atoms with Crippen molar-refractivity contribution in [1.82, 2.24) is 4.37 Å². The van der Waals surface area contributed by atoms with Gasteiger partial charge in [-0.3, -0.25) is 4.90 Å². The number of aromatic nitrogens is 1. The number of carboxylic acid groups (broad SMARTS) is 1. The monoisotopic (exact) mass is 394 g/mol. The second kappa shape index (κ2) is 7.09. The van der Waals surface area contributed by atoms with E-state index in [9.17, 15) is 14.7 Å². The zero-order valence-electron chi connectivity index (χ0n) is 15.4. The third kappa shape index (κ3) is 2.93. The fourth-order valence-electron chi connectivity index (χ4n) is 3.61. The second-order valence-electron chi connectivity index (χ2n) is 6.62. The Morgan fingerprint density at radius 2 is 1.68 bits per heavy atom. The zero-order valence-corrected chi connectivity index (χ0v) is 16.2. The number of amides is 1. The molecule has 1 amide bonds. The molecule has 2 aromatic carbocycles. The van der Waals surface area contributed by atoms with Gasteiger partial charge in [-0.2, -0.15) is 4.37 Å². The minimum Gasteiger partial charge on any atom is -0.478 e. The third-order valence-corrected chi connectivity index (χ3v) is 5.99. The molecular weight excluding hydrogens is 376 g/mol. The van der Waals surface area contributed by atoms with Gasteiger partial charge in [0.1, 0.15) is 17.2 Å². The van der Waals surface area contributed by atoms with E-state index in [1.165, 1.54) is 11.9 Å². The first-order chi connectivity index (χ1) is 13.5. The van der Waals surface area contributed by atoms with Crippen LogP contribution in [0, 0.1) is 6.92 Å². The van der Waals surface area contributed by atoms with Crippen LogP contribution in [0.2, 0.25) is 0 Å². The Morgan fingerprint density at radius 1 is 1.11 bits per heavy atom. The number of carbonyl (C=O) groups excluding carboxylic acids is 1. The van der Waals surface area contributed by atoms with Gasteiger partial charge >= 0.3 is 12.1 Å². The summed E-state index contributed by atoms with van der Waals surface area (Å²) in [5.74, 6) is -1.16. The molecule has 4 rings (SSSR count). The van der Waals surface area contributed by atoms with Crippen molar-refractivity contribution in [2.75, 3.05) is 18.6 Å². The molecule has 6 nitrogen and oxygen atoms in total. The summed E-state index contributed by atoms with van der Waals surface area (Å²) >= 11 is 0.970. The minimum absolute atomic E-state index is 0.0287. The van der Waals surface area contributed by atoms with Crippen molar-refractivity contribution < 1.29 is 19.4 Å². The number of benzene rings is 2. The van der Waals surface area contributed by atoms with Crippen molar-refractivity contribution >= 4 is 28.6 Å². The molecule has 0 bridgehead atoms. The molecule has 0 fully saturated rings. The van der Waals surface area contributed by atoms with Gasteiger partial charge in [-0.25, -0.2) is 9.59 Å². The van der Waals surface area contributed by atoms with Gasteiger partial charge in [0, 0.05) is 13.0 Å². The number of carbonyl (C=O) groups is 2. The summed E-state index contributed by atoms with van der Waals surface area (Å²) in [5.41, 5.74) is 4.96. The lowest BCUT2D eigenvalue weighted by atomic mass is 9.98. The lowest BCUT2D eigenvalue weighted by Gasteiger charge is -2.19. The first-order valence-corrected chi connectivity index (χ1v) is 9.54. The standard InChI is InChI=1S/C21H18N2O4S/c1-12-18(20(24)25)19(28-22-12)23(2)21(26)27-11-17-15-9-5-3-7-13(15)14-8-4-6-10-16(14)17/h3-10,17H,11H2,1-2H3,(H,24,25). The number of rotatable bonds is 4. The number of hydrogen-bond donors (Lipinski definition) is 1. The largest absolute Gasteiger partial charge is 0.478 e. The first kappa shape index (κ1) is 18.2. The van der Waals surface area contributed by atoms with Gasteiger partial charge in [0.05, 0.1) is 5.69 Å². The highest BCUT2D eigenvalue weighted by molar-refractivity contribution is 7.11. The lowest BCUT2D eigenvalue weighted by molar-refractivity contribution is 0.0697. The van der Waals surface area contributed by atoms with Gasteiger partial charge in [-0.1, -0.05) is 48.5 Å². The smallest absolute Gasteiger partial charge is 0.414 e. The number of ether oxygens (including phenoxy) is 1. The SMILES string of the molecule is Cc1nsc(N(C)C(=O)OCC2c3ccccc3-c3ccccc32)c1C(=O)O. The Hall–Kier alpha value is -3.19. The number of anilines is 1. The average Bonchev–Trinajstić information content (AvgIpc) is 3.24. The molecule has 1 aliphatic rings. The summed E-state index contributed by atoms with van der Waals surface area (Å²) in [6, 6.07) is 16.2. The summed E-state index contributed by atoms with van der Waals surface area (Å²) < 4.78 is 9.62. The van der Waals surface area contributed by atoms with E-state index < -0.39 is 12.1 Å². The van der Waals surface area contributed by atoms with Crippen LogP contribution >= 0.6 is 11.5 Å². The molecule has 28 heavy (non-hydrogen) atoms. The Kier molecular flexibility index (Phi) is 4.60. The maximum absolute atomic E-state index is 12.6. The van der Waals surface area contributed by atoms with Crippen molar-refractivity contribution in [2.24, 2.45) is 0 Å². The molecule has 1 N–H and O–H groups in total. The molecule has 0 saturated carbocycles. The van der Waals surface area contributed by atoms with E-state index in [-0.39, 0.29) is 23.1 Å². The van der Waals surface area contributed by atoms with Crippen LogP contribution in [-0.4, -0.2) is 35.2 Å². The number of aromatic carboxylic acids is 1. The van der Waals surface area contributed by atoms with Crippen LogP contribution in [0.1, 0.15) is 33.1 Å². The van der Waals surface area contributed by atoms with Crippen LogP contribution in [0.4, 0.5) is 9.80 Å². The lowest BCUT2D eigenvalue weighted by Crippen LogP contribution is -2.29. The number of fused-ring (bicyclic) bond motifs is 3. The van der Waals surface area contributed by atoms with E-state index in [1.807, 2.05) is 36.4 Å². The molecule has 0 spiro atoms. The highest BCUT2D eigenvalue weighted by Crippen LogP contribution is 2.44. The van der Waals surface area contributed by atoms with Crippen molar-refractivity contribution in [3.8, 4) is 11.1 Å². The van der Waals surface area contributed by atoms with E-state index >= 15 is 0 Å². The molecule has 0 radical (unpaired) electrons. The molecule has 0 unspecified atom stereocenters. The normalized spacial score (nSPS) is 12.4. The van der Waals surface area contributed by atoms with Crippen molar-refractivity contribution in [3.63, 3.8) is 0 Å². The van der Waals surface area contributed by atoms with Gasteiger partial charge in [-0.05, 0) is 40.7 Å². The van der Waals surface area contributed by atoms with Crippen LogP contribution in [0.25, 0.3) is 11.1 Å². The Morgan fingerprint density at radius 3 is 2.25 bits per heavy atom. The Labute approximate surface area is 166 Å². The second-order valence-corrected chi connectivity index (χ2v) is 7.37. The van der Waals surface area contributed by atoms with E-state index in [1.54, 1.807) is 6.92 Å². The van der Waals surface area contributed by atoms with E-state index in [4.69, 9.17) is 4.74 Å². The maximum atomic E-state index is 12.6. The zero-order chi connectivity index (χ0) is 19.8. The van der Waals surface area contributed by atoms with Crippen LogP contribution in [0.3, 0.4) is 0 Å². The minimum atomic E-state index is -1.11. The first-order valence-electron chi connectivity index (χ1n) is 8.77. The van der Waals surface area contributed by atoms with Crippen molar-refractivity contribution in [3.05, 3.63) is 70.9 Å². The fraction of sp³-hybridized carbons (Fsp3) is 0.190. The predicted octanol–water partition coefficient (Wildman–Crippen LogP) is 4.54. The van der Waals surface area contributed by atoms with E-state index in [2.05, 4.69) is 16.5 Å². The molecule has 7 heteroatoms. The van der Waals surface area contributed by atoms with Gasteiger partial charge < -0.3 is 9.84 Å². The summed E-state index contributed by atoms with van der Waals surface area (Å²) in [6.07, 6.45) is -0.604. The molecule has 0 atom stereocenters. The Bertz CT molecular complexity index is 1030. The van der Waals surface area contributed by atoms with Gasteiger partial charge in [0.25, 0.3) is 0 Å². The predicted molar refractivity (Wildman–Crippen MR) is 107 cm³/mol. The highest BCUT2D eigenvalue weighted by Gasteiger charge is 2.30. The summed E-state index contributed by atoms with van der Waals surface area (Å²) in [5, 5.41) is 9.64. The van der Waals surface area contributed by atoms with E-state index in [0.29, 0.717) is 5.69 Å². The molecule has 1 heterocycles. The Balaban J connectivity index is 1.55. The van der Waals surface area contributed by atoms with Crippen molar-refractivity contribution in [2.45, 2.75) is 12.8 Å². The number of nitrogens with zero attached hydrogens (tertiary/aromatic N) is 2. The molecule has 3 aromatic rings. The number of aryl methyl sites for hydroxylation is 1. The van der Waals surface area contributed by atoms with Crippen LogP contribution < -0.4 is 4.90 Å². The van der Waals surface area contributed by atoms with Crippen LogP contribution in [0.5, 0.6) is 0 Å².